The fourth-order valence-corrected chi connectivity index (χ4v) is 4.08. The number of benzene rings is 1. The van der Waals surface area contributed by atoms with Crippen LogP contribution in [0.1, 0.15) is 21.0 Å². The molecule has 126 valence electrons. The van der Waals surface area contributed by atoms with Crippen molar-refractivity contribution in [2.75, 3.05) is 7.11 Å². The van der Waals surface area contributed by atoms with Crippen molar-refractivity contribution >= 4 is 38.9 Å². The first-order chi connectivity index (χ1) is 11.3. The zero-order chi connectivity index (χ0) is 17.3. The van der Waals surface area contributed by atoms with E-state index in [2.05, 4.69) is 9.72 Å². The van der Waals surface area contributed by atoms with Gasteiger partial charge in [0, 0.05) is 11.3 Å². The normalized spacial score (nSPS) is 11.8. The molecule has 0 N–H and O–H groups in total. The fraction of sp³-hybridized carbons (Fsp3) is 0.250. The summed E-state index contributed by atoms with van der Waals surface area (Å²) in [6.07, 6.45) is -3.62. The van der Waals surface area contributed by atoms with E-state index >= 15 is 0 Å². The number of ether oxygens (including phenoxy) is 1. The lowest BCUT2D eigenvalue weighted by Gasteiger charge is -2.04. The van der Waals surface area contributed by atoms with Crippen LogP contribution in [-0.2, 0) is 28.5 Å². The summed E-state index contributed by atoms with van der Waals surface area (Å²) in [5, 5.41) is 2.66. The van der Waals surface area contributed by atoms with Gasteiger partial charge in [-0.05, 0) is 35.2 Å². The predicted molar refractivity (Wildman–Crippen MR) is 87.5 cm³/mol. The van der Waals surface area contributed by atoms with Gasteiger partial charge in [-0.25, -0.2) is 4.98 Å². The Kier molecular flexibility index (Phi) is 4.60. The van der Waals surface area contributed by atoms with E-state index in [0.717, 1.165) is 32.3 Å². The monoisotopic (exact) mass is 371 g/mol. The highest BCUT2D eigenvalue weighted by Crippen LogP contribution is 2.33. The molecule has 0 aliphatic heterocycles. The molecule has 1 aromatic carbocycles. The number of esters is 1. The van der Waals surface area contributed by atoms with Crippen molar-refractivity contribution < 1.29 is 22.7 Å². The number of rotatable bonds is 4. The van der Waals surface area contributed by atoms with Crippen molar-refractivity contribution in [3.05, 3.63) is 50.7 Å². The molecule has 3 aromatic rings. The van der Waals surface area contributed by atoms with E-state index in [1.807, 2.05) is 11.4 Å². The SMILES string of the molecule is COC(=O)Cc1cc(Cc2nc3cc(C(F)(F)F)ccc3s2)cs1. The molecule has 2 aromatic heterocycles. The van der Waals surface area contributed by atoms with Crippen LogP contribution in [0.5, 0.6) is 0 Å². The minimum atomic E-state index is -4.37. The second-order valence-corrected chi connectivity index (χ2v) is 7.25. The van der Waals surface area contributed by atoms with Crippen molar-refractivity contribution in [1.29, 1.82) is 0 Å². The molecule has 0 saturated carbocycles. The standard InChI is InChI=1S/C16H12F3NO2S2/c1-22-15(21)7-11-4-9(8-23-11)5-14-20-12-6-10(16(17,18)19)2-3-13(12)24-14/h2-4,6,8H,5,7H2,1H3. The van der Waals surface area contributed by atoms with Crippen LogP contribution in [0.4, 0.5) is 13.2 Å². The largest absolute Gasteiger partial charge is 0.469 e. The Morgan fingerprint density at radius 3 is 2.79 bits per heavy atom. The number of halogens is 3. The summed E-state index contributed by atoms with van der Waals surface area (Å²) in [5.41, 5.74) is 0.645. The summed E-state index contributed by atoms with van der Waals surface area (Å²) < 4.78 is 43.6. The number of aromatic nitrogens is 1. The van der Waals surface area contributed by atoms with Crippen LogP contribution in [0.15, 0.2) is 29.6 Å². The average molecular weight is 371 g/mol. The zero-order valence-electron chi connectivity index (χ0n) is 12.5. The first-order valence-electron chi connectivity index (χ1n) is 6.95. The zero-order valence-corrected chi connectivity index (χ0v) is 14.1. The van der Waals surface area contributed by atoms with Gasteiger partial charge < -0.3 is 4.74 Å². The molecule has 0 aliphatic rings. The van der Waals surface area contributed by atoms with Gasteiger partial charge in [0.05, 0.1) is 34.3 Å². The molecule has 3 rings (SSSR count). The summed E-state index contributed by atoms with van der Waals surface area (Å²) in [4.78, 5) is 16.4. The molecular formula is C16H12F3NO2S2. The Morgan fingerprint density at radius 1 is 1.29 bits per heavy atom. The highest BCUT2D eigenvalue weighted by molar-refractivity contribution is 7.18. The smallest absolute Gasteiger partial charge is 0.416 e. The number of alkyl halides is 3. The molecule has 0 unspecified atom stereocenters. The van der Waals surface area contributed by atoms with Gasteiger partial charge in [0.1, 0.15) is 0 Å². The Labute approximate surface area is 143 Å². The van der Waals surface area contributed by atoms with E-state index in [9.17, 15) is 18.0 Å². The lowest BCUT2D eigenvalue weighted by atomic mass is 10.2. The summed E-state index contributed by atoms with van der Waals surface area (Å²) in [7, 11) is 1.34. The van der Waals surface area contributed by atoms with E-state index in [4.69, 9.17) is 0 Å². The third kappa shape index (κ3) is 3.76. The van der Waals surface area contributed by atoms with Gasteiger partial charge in [0.25, 0.3) is 0 Å². The predicted octanol–water partition coefficient (Wildman–Crippen LogP) is 4.68. The number of fused-ring (bicyclic) bond motifs is 1. The van der Waals surface area contributed by atoms with Gasteiger partial charge >= 0.3 is 12.1 Å². The van der Waals surface area contributed by atoms with Crippen LogP contribution in [-0.4, -0.2) is 18.1 Å². The molecule has 0 spiro atoms. The van der Waals surface area contributed by atoms with Crippen LogP contribution < -0.4 is 0 Å². The van der Waals surface area contributed by atoms with Crippen molar-refractivity contribution in [1.82, 2.24) is 4.98 Å². The van der Waals surface area contributed by atoms with Crippen molar-refractivity contribution in [3.63, 3.8) is 0 Å². The molecule has 8 heteroatoms. The quantitative estimate of drug-likeness (QED) is 0.625. The summed E-state index contributed by atoms with van der Waals surface area (Å²) in [5.74, 6) is -0.303. The molecule has 0 aliphatic carbocycles. The molecule has 0 amide bonds. The van der Waals surface area contributed by atoms with E-state index in [-0.39, 0.29) is 12.4 Å². The van der Waals surface area contributed by atoms with Crippen molar-refractivity contribution in [2.24, 2.45) is 0 Å². The lowest BCUT2D eigenvalue weighted by Crippen LogP contribution is -2.03. The first kappa shape index (κ1) is 16.9. The van der Waals surface area contributed by atoms with Crippen molar-refractivity contribution in [2.45, 2.75) is 19.0 Å². The van der Waals surface area contributed by atoms with Gasteiger partial charge in [0.2, 0.25) is 0 Å². The maximum atomic E-state index is 12.7. The summed E-state index contributed by atoms with van der Waals surface area (Å²) in [6.45, 7) is 0. The van der Waals surface area contributed by atoms with Gasteiger partial charge in [-0.3, -0.25) is 4.79 Å². The number of nitrogens with zero attached hydrogens (tertiary/aromatic N) is 1. The first-order valence-corrected chi connectivity index (χ1v) is 8.64. The molecule has 0 atom stereocenters. The third-order valence-corrected chi connectivity index (χ3v) is 5.39. The van der Waals surface area contributed by atoms with Crippen LogP contribution >= 0.6 is 22.7 Å². The Balaban J connectivity index is 1.79. The average Bonchev–Trinajstić information content (AvgIpc) is 3.11. The Hall–Kier alpha value is -1.93. The molecule has 24 heavy (non-hydrogen) atoms. The number of carbonyl (C=O) groups excluding carboxylic acids is 1. The molecule has 0 saturated heterocycles. The van der Waals surface area contributed by atoms with Crippen LogP contribution in [0.25, 0.3) is 10.2 Å². The maximum Gasteiger partial charge on any atom is 0.416 e. The van der Waals surface area contributed by atoms with E-state index < -0.39 is 11.7 Å². The second-order valence-electron chi connectivity index (χ2n) is 5.14. The number of thiophene rings is 1. The van der Waals surface area contributed by atoms with Crippen molar-refractivity contribution in [3.8, 4) is 0 Å². The number of hydrogen-bond donors (Lipinski definition) is 0. The topological polar surface area (TPSA) is 39.2 Å². The van der Waals surface area contributed by atoms with E-state index in [1.54, 1.807) is 0 Å². The minimum Gasteiger partial charge on any atom is -0.469 e. The highest BCUT2D eigenvalue weighted by atomic mass is 32.1. The number of hydrogen-bond acceptors (Lipinski definition) is 5. The summed E-state index contributed by atoms with van der Waals surface area (Å²) >= 11 is 2.83. The fourth-order valence-electron chi connectivity index (χ4n) is 2.23. The van der Waals surface area contributed by atoms with E-state index in [0.29, 0.717) is 11.9 Å². The molecule has 0 radical (unpaired) electrons. The number of thiazole rings is 1. The lowest BCUT2D eigenvalue weighted by molar-refractivity contribution is -0.140. The van der Waals surface area contributed by atoms with Gasteiger partial charge in [-0.1, -0.05) is 0 Å². The highest BCUT2D eigenvalue weighted by Gasteiger charge is 2.30. The minimum absolute atomic E-state index is 0.218. The Bertz CT molecular complexity index is 883. The van der Waals surface area contributed by atoms with Crippen LogP contribution in [0, 0.1) is 0 Å². The third-order valence-electron chi connectivity index (χ3n) is 3.37. The molecular weight excluding hydrogens is 359 g/mol. The number of carbonyl (C=O) groups is 1. The molecule has 3 nitrogen and oxygen atoms in total. The number of methoxy groups -OCH3 is 1. The van der Waals surface area contributed by atoms with Gasteiger partial charge in [0.15, 0.2) is 0 Å². The molecule has 2 heterocycles. The van der Waals surface area contributed by atoms with Crippen LogP contribution in [0.3, 0.4) is 0 Å². The second kappa shape index (κ2) is 6.52. The Morgan fingerprint density at radius 2 is 2.08 bits per heavy atom. The maximum absolute atomic E-state index is 12.7. The van der Waals surface area contributed by atoms with Gasteiger partial charge in [-0.15, -0.1) is 22.7 Å². The van der Waals surface area contributed by atoms with Gasteiger partial charge in [-0.2, -0.15) is 13.2 Å². The van der Waals surface area contributed by atoms with E-state index in [1.165, 1.54) is 35.8 Å². The molecule has 0 fully saturated rings. The van der Waals surface area contributed by atoms with Crippen LogP contribution in [0.2, 0.25) is 0 Å². The summed E-state index contributed by atoms with van der Waals surface area (Å²) in [6, 6.07) is 5.50. The molecule has 0 bridgehead atoms.